The van der Waals surface area contributed by atoms with E-state index >= 15 is 0 Å². The molecule has 17 heavy (non-hydrogen) atoms. The highest BCUT2D eigenvalue weighted by molar-refractivity contribution is 7.99. The minimum atomic E-state index is -0.871. The van der Waals surface area contributed by atoms with Crippen LogP contribution in [-0.4, -0.2) is 21.8 Å². The molecule has 1 N–H and O–H groups in total. The van der Waals surface area contributed by atoms with Crippen LogP contribution in [0.5, 0.6) is 0 Å². The van der Waals surface area contributed by atoms with Gasteiger partial charge >= 0.3 is 5.97 Å². The van der Waals surface area contributed by atoms with Gasteiger partial charge < -0.3 is 5.11 Å². The van der Waals surface area contributed by atoms with Crippen molar-refractivity contribution in [1.29, 1.82) is 0 Å². The van der Waals surface area contributed by atoms with Crippen molar-refractivity contribution in [2.24, 2.45) is 5.92 Å². The number of hydrogen-bond acceptors (Lipinski definition) is 3. The van der Waals surface area contributed by atoms with Crippen LogP contribution in [0.25, 0.3) is 0 Å². The summed E-state index contributed by atoms with van der Waals surface area (Å²) in [5.74, 6) is 0.978. The van der Waals surface area contributed by atoms with Crippen LogP contribution in [0.3, 0.4) is 0 Å². The molecule has 0 spiro atoms. The maximum absolute atomic E-state index is 11.2. The second-order valence-electron chi connectivity index (χ2n) is 4.65. The number of aromatic carboxylic acids is 1. The molecule has 0 bridgehead atoms. The fraction of sp³-hybridized carbons (Fsp3) is 0.538. The van der Waals surface area contributed by atoms with Crippen LogP contribution in [0.4, 0.5) is 0 Å². The molecular formula is C13H17NO2S. The maximum Gasteiger partial charge on any atom is 0.338 e. The van der Waals surface area contributed by atoms with Gasteiger partial charge in [0.25, 0.3) is 0 Å². The average molecular weight is 251 g/mol. The van der Waals surface area contributed by atoms with Crippen LogP contribution < -0.4 is 0 Å². The largest absolute Gasteiger partial charge is 0.478 e. The normalized spacial score (nSPS) is 14.9. The molecule has 1 aromatic heterocycles. The second-order valence-corrected chi connectivity index (χ2v) is 5.73. The molecule has 1 aliphatic carbocycles. The Bertz CT molecular complexity index is 441. The highest BCUT2D eigenvalue weighted by Gasteiger charge is 2.22. The maximum atomic E-state index is 11.2. The van der Waals surface area contributed by atoms with E-state index in [1.165, 1.54) is 19.3 Å². The number of aryl methyl sites for hydroxylation is 2. The molecule has 0 aromatic carbocycles. The number of hydrogen-bond donors (Lipinski definition) is 1. The zero-order valence-electron chi connectivity index (χ0n) is 10.2. The fourth-order valence-corrected chi connectivity index (χ4v) is 3.14. The Balaban J connectivity index is 2.14. The summed E-state index contributed by atoms with van der Waals surface area (Å²) in [5, 5.41) is 9.88. The zero-order chi connectivity index (χ0) is 12.4. The van der Waals surface area contributed by atoms with Gasteiger partial charge in [-0.1, -0.05) is 12.8 Å². The molecule has 1 heterocycles. The third-order valence-corrected chi connectivity index (χ3v) is 4.00. The first kappa shape index (κ1) is 12.4. The zero-order valence-corrected chi connectivity index (χ0v) is 11.0. The Morgan fingerprint density at radius 3 is 2.82 bits per heavy atom. The van der Waals surface area contributed by atoms with Crippen molar-refractivity contribution in [3.8, 4) is 0 Å². The lowest BCUT2D eigenvalue weighted by Gasteiger charge is -2.09. The van der Waals surface area contributed by atoms with Gasteiger partial charge in [-0.15, -0.1) is 11.8 Å². The lowest BCUT2D eigenvalue weighted by atomic mass is 10.1. The van der Waals surface area contributed by atoms with E-state index in [-0.39, 0.29) is 0 Å². The van der Waals surface area contributed by atoms with E-state index < -0.39 is 5.97 Å². The summed E-state index contributed by atoms with van der Waals surface area (Å²) in [6, 6.07) is 1.83. The van der Waals surface area contributed by atoms with E-state index in [1.54, 1.807) is 11.8 Å². The molecule has 1 aromatic rings. The van der Waals surface area contributed by atoms with Crippen LogP contribution in [0.1, 0.15) is 40.9 Å². The summed E-state index contributed by atoms with van der Waals surface area (Å²) in [4.78, 5) is 15.6. The molecule has 3 nitrogen and oxygen atoms in total. The molecule has 92 valence electrons. The highest BCUT2D eigenvalue weighted by atomic mass is 32.2. The van der Waals surface area contributed by atoms with Gasteiger partial charge in [-0.05, 0) is 43.6 Å². The summed E-state index contributed by atoms with van der Waals surface area (Å²) >= 11 is 1.58. The second kappa shape index (κ2) is 5.08. The number of rotatable bonds is 5. The predicted octanol–water partition coefficient (Wildman–Crippen LogP) is 3.29. The van der Waals surface area contributed by atoms with E-state index in [0.29, 0.717) is 10.6 Å². The molecule has 1 aliphatic rings. The van der Waals surface area contributed by atoms with Gasteiger partial charge in [-0.25, -0.2) is 9.78 Å². The molecule has 0 unspecified atom stereocenters. The van der Waals surface area contributed by atoms with Gasteiger partial charge in [0.2, 0.25) is 0 Å². The molecule has 0 amide bonds. The van der Waals surface area contributed by atoms with E-state index in [0.717, 1.165) is 22.9 Å². The third kappa shape index (κ3) is 3.22. The molecule has 0 atom stereocenters. The number of carbonyl (C=O) groups is 1. The topological polar surface area (TPSA) is 50.2 Å². The first-order chi connectivity index (χ1) is 8.08. The molecule has 0 aliphatic heterocycles. The Labute approximate surface area is 106 Å². The molecule has 1 saturated carbocycles. The van der Waals surface area contributed by atoms with Crippen LogP contribution >= 0.6 is 11.8 Å². The van der Waals surface area contributed by atoms with E-state index in [1.807, 2.05) is 19.9 Å². The highest BCUT2D eigenvalue weighted by Crippen LogP contribution is 2.35. The Morgan fingerprint density at radius 1 is 1.53 bits per heavy atom. The summed E-state index contributed by atoms with van der Waals surface area (Å²) in [6.45, 7) is 3.74. The number of pyridine rings is 1. The Hall–Kier alpha value is -1.03. The fourth-order valence-electron chi connectivity index (χ4n) is 1.90. The van der Waals surface area contributed by atoms with Crippen molar-refractivity contribution >= 4 is 17.7 Å². The minimum Gasteiger partial charge on any atom is -0.478 e. The average Bonchev–Trinajstić information content (AvgIpc) is 2.99. The van der Waals surface area contributed by atoms with E-state index in [4.69, 9.17) is 0 Å². The monoisotopic (exact) mass is 251 g/mol. The number of nitrogens with zero attached hydrogens (tertiary/aromatic N) is 1. The molecule has 4 heteroatoms. The summed E-state index contributed by atoms with van der Waals surface area (Å²) < 4.78 is 0. The lowest BCUT2D eigenvalue weighted by Crippen LogP contribution is -2.05. The van der Waals surface area contributed by atoms with Gasteiger partial charge in [0.1, 0.15) is 5.03 Å². The van der Waals surface area contributed by atoms with Gasteiger partial charge in [-0.3, -0.25) is 0 Å². The van der Waals surface area contributed by atoms with Crippen LogP contribution in [0.15, 0.2) is 11.1 Å². The van der Waals surface area contributed by atoms with Gasteiger partial charge in [-0.2, -0.15) is 0 Å². The SMILES string of the molecule is Cc1cc(C)c(C(=O)O)c(SCCC2CC2)n1. The van der Waals surface area contributed by atoms with E-state index in [2.05, 4.69) is 4.98 Å². The number of carboxylic acid groups (broad SMARTS) is 1. The number of aromatic nitrogens is 1. The lowest BCUT2D eigenvalue weighted by molar-refractivity contribution is 0.0691. The van der Waals surface area contributed by atoms with Gasteiger partial charge in [0.05, 0.1) is 5.56 Å². The van der Waals surface area contributed by atoms with E-state index in [9.17, 15) is 9.90 Å². The quantitative estimate of drug-likeness (QED) is 0.816. The van der Waals surface area contributed by atoms with Crippen LogP contribution in [-0.2, 0) is 0 Å². The molecule has 2 rings (SSSR count). The van der Waals surface area contributed by atoms with Gasteiger partial charge in [0.15, 0.2) is 0 Å². The minimum absolute atomic E-state index is 0.372. The molecule has 0 radical (unpaired) electrons. The predicted molar refractivity (Wildman–Crippen MR) is 68.7 cm³/mol. The van der Waals surface area contributed by atoms with Crippen molar-refractivity contribution in [3.63, 3.8) is 0 Å². The smallest absolute Gasteiger partial charge is 0.338 e. The molecular weight excluding hydrogens is 234 g/mol. The Kier molecular flexibility index (Phi) is 3.72. The van der Waals surface area contributed by atoms with Crippen molar-refractivity contribution in [3.05, 3.63) is 22.9 Å². The first-order valence-electron chi connectivity index (χ1n) is 5.92. The van der Waals surface area contributed by atoms with Crippen LogP contribution in [0, 0.1) is 19.8 Å². The van der Waals surface area contributed by atoms with Crippen molar-refractivity contribution in [2.45, 2.75) is 38.1 Å². The first-order valence-corrected chi connectivity index (χ1v) is 6.91. The molecule has 0 saturated heterocycles. The summed E-state index contributed by atoms with van der Waals surface area (Å²) in [6.07, 6.45) is 3.86. The summed E-state index contributed by atoms with van der Waals surface area (Å²) in [7, 11) is 0. The third-order valence-electron chi connectivity index (χ3n) is 2.99. The van der Waals surface area contributed by atoms with Crippen molar-refractivity contribution in [1.82, 2.24) is 4.98 Å². The van der Waals surface area contributed by atoms with Crippen LogP contribution in [0.2, 0.25) is 0 Å². The summed E-state index contributed by atoms with van der Waals surface area (Å²) in [5.41, 5.74) is 2.07. The van der Waals surface area contributed by atoms with Crippen molar-refractivity contribution in [2.75, 3.05) is 5.75 Å². The van der Waals surface area contributed by atoms with Crippen molar-refractivity contribution < 1.29 is 9.90 Å². The standard InChI is InChI=1S/C13H17NO2S/c1-8-7-9(2)14-12(11(8)13(15)16)17-6-5-10-3-4-10/h7,10H,3-6H2,1-2H3,(H,15,16). The van der Waals surface area contributed by atoms with Gasteiger partial charge in [0, 0.05) is 5.69 Å². The number of thioether (sulfide) groups is 1. The number of carboxylic acids is 1. The Morgan fingerprint density at radius 2 is 2.24 bits per heavy atom. The molecule has 1 fully saturated rings.